The molecule has 20 heavy (non-hydrogen) atoms. The number of ether oxygens (including phenoxy) is 2. The van der Waals surface area contributed by atoms with E-state index in [9.17, 15) is 0 Å². The summed E-state index contributed by atoms with van der Waals surface area (Å²) < 4.78 is 11.2. The SMILES string of the molecule is CCOc1cc(C=NN=C(N)N)cc(Cl)c1OC(C)C. The largest absolute Gasteiger partial charge is 0.490 e. The third-order valence-corrected chi connectivity index (χ3v) is 2.35. The molecule has 0 fully saturated rings. The maximum Gasteiger partial charge on any atom is 0.211 e. The number of nitrogens with zero attached hydrogens (tertiary/aromatic N) is 2. The smallest absolute Gasteiger partial charge is 0.211 e. The monoisotopic (exact) mass is 298 g/mol. The molecule has 1 aromatic carbocycles. The fourth-order valence-electron chi connectivity index (χ4n) is 1.44. The second kappa shape index (κ2) is 7.59. The summed E-state index contributed by atoms with van der Waals surface area (Å²) in [4.78, 5) is 0. The molecule has 7 heteroatoms. The minimum absolute atomic E-state index is 0.00661. The first-order valence-corrected chi connectivity index (χ1v) is 6.56. The summed E-state index contributed by atoms with van der Waals surface area (Å²) >= 11 is 6.20. The van der Waals surface area contributed by atoms with Crippen molar-refractivity contribution in [1.82, 2.24) is 0 Å². The minimum Gasteiger partial charge on any atom is -0.490 e. The number of hydrogen-bond acceptors (Lipinski definition) is 4. The Morgan fingerprint density at radius 2 is 2.10 bits per heavy atom. The van der Waals surface area contributed by atoms with Crippen molar-refractivity contribution in [3.63, 3.8) is 0 Å². The van der Waals surface area contributed by atoms with Crippen LogP contribution >= 0.6 is 11.6 Å². The van der Waals surface area contributed by atoms with Crippen molar-refractivity contribution in [2.75, 3.05) is 6.61 Å². The summed E-state index contributed by atoms with van der Waals surface area (Å²) in [5, 5.41) is 7.70. The highest BCUT2D eigenvalue weighted by Gasteiger charge is 2.13. The molecule has 0 saturated carbocycles. The van der Waals surface area contributed by atoms with Gasteiger partial charge < -0.3 is 20.9 Å². The summed E-state index contributed by atoms with van der Waals surface area (Å²) in [7, 11) is 0. The van der Waals surface area contributed by atoms with Gasteiger partial charge in [0.1, 0.15) is 0 Å². The Morgan fingerprint density at radius 3 is 2.65 bits per heavy atom. The number of halogens is 1. The van der Waals surface area contributed by atoms with Crippen LogP contribution < -0.4 is 20.9 Å². The van der Waals surface area contributed by atoms with E-state index in [1.54, 1.807) is 12.1 Å². The van der Waals surface area contributed by atoms with Crippen LogP contribution in [0.2, 0.25) is 5.02 Å². The van der Waals surface area contributed by atoms with E-state index in [4.69, 9.17) is 32.5 Å². The van der Waals surface area contributed by atoms with Gasteiger partial charge in [-0.05, 0) is 32.9 Å². The van der Waals surface area contributed by atoms with Crippen LogP contribution in [0.4, 0.5) is 0 Å². The Balaban J connectivity index is 3.12. The van der Waals surface area contributed by atoms with Crippen molar-refractivity contribution in [3.8, 4) is 11.5 Å². The van der Waals surface area contributed by atoms with E-state index in [-0.39, 0.29) is 12.1 Å². The molecule has 4 N–H and O–H groups in total. The lowest BCUT2D eigenvalue weighted by Gasteiger charge is -2.16. The molecule has 0 heterocycles. The highest BCUT2D eigenvalue weighted by atomic mass is 35.5. The fraction of sp³-hybridized carbons (Fsp3) is 0.385. The third kappa shape index (κ3) is 4.97. The zero-order valence-electron chi connectivity index (χ0n) is 11.8. The van der Waals surface area contributed by atoms with Gasteiger partial charge >= 0.3 is 0 Å². The van der Waals surface area contributed by atoms with Gasteiger partial charge in [0.2, 0.25) is 5.96 Å². The molecule has 0 saturated heterocycles. The van der Waals surface area contributed by atoms with Crippen LogP contribution in [0.25, 0.3) is 0 Å². The average Bonchev–Trinajstić information content (AvgIpc) is 2.33. The van der Waals surface area contributed by atoms with Crippen molar-refractivity contribution in [3.05, 3.63) is 22.7 Å². The molecule has 0 spiro atoms. The molecule has 0 aromatic heterocycles. The lowest BCUT2D eigenvalue weighted by molar-refractivity contribution is 0.224. The number of rotatable bonds is 6. The van der Waals surface area contributed by atoms with Gasteiger partial charge in [0.05, 0.1) is 23.9 Å². The first-order valence-electron chi connectivity index (χ1n) is 6.19. The molecular formula is C13H19ClN4O2. The molecule has 0 radical (unpaired) electrons. The molecule has 6 nitrogen and oxygen atoms in total. The minimum atomic E-state index is -0.114. The first-order chi connectivity index (χ1) is 9.43. The third-order valence-electron chi connectivity index (χ3n) is 2.07. The van der Waals surface area contributed by atoms with Gasteiger partial charge in [0.15, 0.2) is 11.5 Å². The van der Waals surface area contributed by atoms with E-state index in [0.29, 0.717) is 28.7 Å². The van der Waals surface area contributed by atoms with E-state index in [2.05, 4.69) is 10.2 Å². The normalized spacial score (nSPS) is 10.8. The molecule has 0 atom stereocenters. The van der Waals surface area contributed by atoms with E-state index < -0.39 is 0 Å². The van der Waals surface area contributed by atoms with Gasteiger partial charge in [-0.15, -0.1) is 5.10 Å². The van der Waals surface area contributed by atoms with Gasteiger partial charge in [0.25, 0.3) is 0 Å². The van der Waals surface area contributed by atoms with Crippen LogP contribution in [0.3, 0.4) is 0 Å². The van der Waals surface area contributed by atoms with Crippen molar-refractivity contribution in [2.24, 2.45) is 21.7 Å². The first kappa shape index (κ1) is 16.1. The predicted molar refractivity (Wildman–Crippen MR) is 81.8 cm³/mol. The van der Waals surface area contributed by atoms with Crippen LogP contribution in [-0.2, 0) is 0 Å². The van der Waals surface area contributed by atoms with E-state index in [1.807, 2.05) is 20.8 Å². The van der Waals surface area contributed by atoms with Crippen LogP contribution in [-0.4, -0.2) is 24.9 Å². The standard InChI is InChI=1S/C13H19ClN4O2/c1-4-19-11-6-9(7-17-18-13(15)16)5-10(14)12(11)20-8(2)3/h5-8H,4H2,1-3H3,(H4,15,16,18). The number of hydrogen-bond donors (Lipinski definition) is 2. The van der Waals surface area contributed by atoms with E-state index in [1.165, 1.54) is 6.21 Å². The van der Waals surface area contributed by atoms with Gasteiger partial charge in [-0.1, -0.05) is 11.6 Å². The zero-order valence-corrected chi connectivity index (χ0v) is 12.5. The van der Waals surface area contributed by atoms with E-state index >= 15 is 0 Å². The molecule has 1 rings (SSSR count). The fourth-order valence-corrected chi connectivity index (χ4v) is 1.70. The van der Waals surface area contributed by atoms with Crippen LogP contribution in [0.1, 0.15) is 26.3 Å². The second-order valence-electron chi connectivity index (χ2n) is 4.20. The summed E-state index contributed by atoms with van der Waals surface area (Å²) in [5.74, 6) is 0.958. The Bertz CT molecular complexity index is 511. The molecule has 0 aliphatic heterocycles. The molecule has 0 aliphatic rings. The number of benzene rings is 1. The lowest BCUT2D eigenvalue weighted by atomic mass is 10.2. The second-order valence-corrected chi connectivity index (χ2v) is 4.61. The van der Waals surface area contributed by atoms with Crippen molar-refractivity contribution in [2.45, 2.75) is 26.9 Å². The Hall–Kier alpha value is -1.95. The van der Waals surface area contributed by atoms with E-state index in [0.717, 1.165) is 0 Å². The highest BCUT2D eigenvalue weighted by molar-refractivity contribution is 6.32. The van der Waals surface area contributed by atoms with Crippen LogP contribution in [0.5, 0.6) is 11.5 Å². The lowest BCUT2D eigenvalue weighted by Crippen LogP contribution is -2.21. The molecule has 0 amide bonds. The summed E-state index contributed by atoms with van der Waals surface area (Å²) in [6.07, 6.45) is 1.47. The Labute approximate surface area is 123 Å². The molecule has 110 valence electrons. The van der Waals surface area contributed by atoms with Crippen molar-refractivity contribution in [1.29, 1.82) is 0 Å². The number of guanidine groups is 1. The molecule has 1 aromatic rings. The quantitative estimate of drug-likeness (QED) is 0.478. The van der Waals surface area contributed by atoms with Gasteiger partial charge in [-0.2, -0.15) is 5.10 Å². The van der Waals surface area contributed by atoms with Gasteiger partial charge in [0, 0.05) is 5.56 Å². The summed E-state index contributed by atoms with van der Waals surface area (Å²) in [5.41, 5.74) is 11.1. The Kier molecular flexibility index (Phi) is 6.11. The highest BCUT2D eigenvalue weighted by Crippen LogP contribution is 2.37. The maximum atomic E-state index is 6.20. The molecular weight excluding hydrogens is 280 g/mol. The molecule has 0 unspecified atom stereocenters. The van der Waals surface area contributed by atoms with Crippen LogP contribution in [0.15, 0.2) is 22.3 Å². The van der Waals surface area contributed by atoms with Crippen LogP contribution in [0, 0.1) is 0 Å². The topological polar surface area (TPSA) is 95.2 Å². The van der Waals surface area contributed by atoms with Gasteiger partial charge in [-0.3, -0.25) is 0 Å². The zero-order chi connectivity index (χ0) is 15.1. The maximum absolute atomic E-state index is 6.20. The summed E-state index contributed by atoms with van der Waals surface area (Å²) in [6, 6.07) is 3.46. The van der Waals surface area contributed by atoms with Crippen molar-refractivity contribution < 1.29 is 9.47 Å². The predicted octanol–water partition coefficient (Wildman–Crippen LogP) is 2.13. The Morgan fingerprint density at radius 1 is 1.40 bits per heavy atom. The van der Waals surface area contributed by atoms with Gasteiger partial charge in [-0.25, -0.2) is 0 Å². The van der Waals surface area contributed by atoms with Crippen molar-refractivity contribution >= 4 is 23.8 Å². The summed E-state index contributed by atoms with van der Waals surface area (Å²) in [6.45, 7) is 6.22. The molecule has 0 aliphatic carbocycles. The molecule has 0 bridgehead atoms. The number of nitrogens with two attached hydrogens (primary N) is 2. The average molecular weight is 299 g/mol.